The third-order valence-corrected chi connectivity index (χ3v) is 3.10. The third kappa shape index (κ3) is 3.42. The largest absolute Gasteiger partial charge is 1.00 e. The number of benzene rings is 1. The predicted molar refractivity (Wildman–Crippen MR) is 78.3 cm³/mol. The molecule has 0 N–H and O–H groups in total. The van der Waals surface area contributed by atoms with Crippen LogP contribution in [-0.2, 0) is 7.05 Å². The first-order chi connectivity index (χ1) is 9.31. The predicted octanol–water partition coefficient (Wildman–Crippen LogP) is 0.234. The van der Waals surface area contributed by atoms with Crippen LogP contribution in [0.5, 0.6) is 0 Å². The molecule has 0 unspecified atom stereocenters. The summed E-state index contributed by atoms with van der Waals surface area (Å²) in [5, 5.41) is 1.17. The van der Waals surface area contributed by atoms with E-state index in [1.807, 2.05) is 36.3 Å². The van der Waals surface area contributed by atoms with Gasteiger partial charge in [0.25, 0.3) is 0 Å². The summed E-state index contributed by atoms with van der Waals surface area (Å²) in [5.74, 6) is 0. The molecule has 0 radical (unpaired) electrons. The highest BCUT2D eigenvalue weighted by Crippen LogP contribution is 2.15. The third-order valence-electron chi connectivity index (χ3n) is 3.10. The van der Waals surface area contributed by atoms with Gasteiger partial charge in [0.05, 0.1) is 5.52 Å². The van der Waals surface area contributed by atoms with E-state index in [1.54, 1.807) is 0 Å². The van der Waals surface area contributed by atoms with E-state index in [1.165, 1.54) is 16.5 Å². The Morgan fingerprint density at radius 2 is 1.70 bits per heavy atom. The zero-order chi connectivity index (χ0) is 13.1. The molecule has 100 valence electrons. The summed E-state index contributed by atoms with van der Waals surface area (Å²) in [7, 11) is 2.02. The van der Waals surface area contributed by atoms with Gasteiger partial charge >= 0.3 is 0 Å². The second kappa shape index (κ2) is 6.61. The molecule has 0 spiro atoms. The summed E-state index contributed by atoms with van der Waals surface area (Å²) in [6, 6.07) is 14.5. The van der Waals surface area contributed by atoms with Gasteiger partial charge in [0.2, 0.25) is 0 Å². The van der Waals surface area contributed by atoms with E-state index >= 15 is 0 Å². The van der Waals surface area contributed by atoms with E-state index in [0.717, 1.165) is 5.52 Å². The fraction of sp³-hybridized carbons (Fsp3) is 0.0588. The van der Waals surface area contributed by atoms with Crippen molar-refractivity contribution in [3.05, 3.63) is 72.2 Å². The average molecular weight is 374 g/mol. The van der Waals surface area contributed by atoms with Gasteiger partial charge in [0.1, 0.15) is 7.05 Å². The lowest BCUT2D eigenvalue weighted by Crippen LogP contribution is -3.00. The maximum absolute atomic E-state index is 4.32. The Morgan fingerprint density at radius 1 is 0.950 bits per heavy atom. The summed E-state index contributed by atoms with van der Waals surface area (Å²) in [6.45, 7) is 0. The Bertz CT molecular complexity index is 733. The van der Waals surface area contributed by atoms with E-state index in [2.05, 4.69) is 53.5 Å². The minimum Gasteiger partial charge on any atom is -1.00 e. The van der Waals surface area contributed by atoms with Crippen LogP contribution >= 0.6 is 0 Å². The lowest BCUT2D eigenvalue weighted by atomic mass is 10.1. The van der Waals surface area contributed by atoms with Crippen molar-refractivity contribution < 1.29 is 28.5 Å². The number of aromatic nitrogens is 2. The van der Waals surface area contributed by atoms with Crippen LogP contribution in [0.4, 0.5) is 0 Å². The van der Waals surface area contributed by atoms with Gasteiger partial charge in [-0.2, -0.15) is 0 Å². The molecular formula is C17H15IN2. The highest BCUT2D eigenvalue weighted by Gasteiger charge is 1.95. The molecule has 20 heavy (non-hydrogen) atoms. The van der Waals surface area contributed by atoms with Crippen LogP contribution < -0.4 is 28.5 Å². The lowest BCUT2D eigenvalue weighted by Gasteiger charge is -1.98. The molecule has 2 aromatic heterocycles. The van der Waals surface area contributed by atoms with Crippen molar-refractivity contribution in [2.45, 2.75) is 0 Å². The average Bonchev–Trinajstić information content (AvgIpc) is 2.46. The smallest absolute Gasteiger partial charge is 0.169 e. The molecule has 3 aromatic rings. The number of hydrogen-bond acceptors (Lipinski definition) is 1. The summed E-state index contributed by atoms with van der Waals surface area (Å²) in [5.41, 5.74) is 3.42. The molecule has 0 atom stereocenters. The van der Waals surface area contributed by atoms with Gasteiger partial charge in [-0.05, 0) is 29.3 Å². The van der Waals surface area contributed by atoms with E-state index in [0.29, 0.717) is 0 Å². The van der Waals surface area contributed by atoms with Gasteiger partial charge in [-0.25, -0.2) is 4.57 Å². The second-order valence-corrected chi connectivity index (χ2v) is 4.59. The summed E-state index contributed by atoms with van der Waals surface area (Å²) in [6.07, 6.45) is 10.2. The quantitative estimate of drug-likeness (QED) is 0.464. The van der Waals surface area contributed by atoms with Crippen LogP contribution in [0.2, 0.25) is 0 Å². The minimum absolute atomic E-state index is 0. The van der Waals surface area contributed by atoms with Gasteiger partial charge in [0.15, 0.2) is 12.4 Å². The first-order valence-corrected chi connectivity index (χ1v) is 6.29. The Hall–Kier alpha value is -1.75. The molecule has 0 saturated heterocycles. The van der Waals surface area contributed by atoms with E-state index in [-0.39, 0.29) is 24.0 Å². The molecule has 0 bridgehead atoms. The molecule has 2 nitrogen and oxygen atoms in total. The first kappa shape index (κ1) is 14.7. The number of nitrogens with zero attached hydrogens (tertiary/aromatic N) is 2. The molecule has 1 aromatic carbocycles. The Balaban J connectivity index is 0.00000147. The summed E-state index contributed by atoms with van der Waals surface area (Å²) >= 11 is 0. The summed E-state index contributed by atoms with van der Waals surface area (Å²) < 4.78 is 2.03. The van der Waals surface area contributed by atoms with E-state index in [9.17, 15) is 0 Å². The molecule has 0 aliphatic heterocycles. The van der Waals surface area contributed by atoms with E-state index in [4.69, 9.17) is 0 Å². The molecule has 3 rings (SSSR count). The fourth-order valence-corrected chi connectivity index (χ4v) is 2.01. The maximum Gasteiger partial charge on any atom is 0.169 e. The number of fused-ring (bicyclic) bond motifs is 1. The van der Waals surface area contributed by atoms with Crippen molar-refractivity contribution in [3.8, 4) is 0 Å². The topological polar surface area (TPSA) is 16.8 Å². The minimum atomic E-state index is 0. The van der Waals surface area contributed by atoms with Crippen molar-refractivity contribution in [1.29, 1.82) is 0 Å². The second-order valence-electron chi connectivity index (χ2n) is 4.59. The molecule has 0 aliphatic rings. The number of pyridine rings is 2. The van der Waals surface area contributed by atoms with Crippen LogP contribution in [-0.4, -0.2) is 4.98 Å². The van der Waals surface area contributed by atoms with Crippen LogP contribution in [0, 0.1) is 0 Å². The Kier molecular flexibility index (Phi) is 4.84. The van der Waals surface area contributed by atoms with Crippen molar-refractivity contribution in [1.82, 2.24) is 4.98 Å². The Morgan fingerprint density at radius 3 is 2.50 bits per heavy atom. The normalized spacial score (nSPS) is 10.7. The molecule has 3 heteroatoms. The highest BCUT2D eigenvalue weighted by molar-refractivity contribution is 5.82. The SMILES string of the molecule is C[n+]1ccc(/C=C/c2ccc3ncccc3c2)cc1.[I-]. The molecule has 0 aliphatic carbocycles. The van der Waals surface area contributed by atoms with Gasteiger partial charge in [-0.1, -0.05) is 24.3 Å². The lowest BCUT2D eigenvalue weighted by molar-refractivity contribution is -0.671. The molecule has 2 heterocycles. The van der Waals surface area contributed by atoms with Crippen molar-refractivity contribution in [2.75, 3.05) is 0 Å². The number of aryl methyl sites for hydroxylation is 1. The number of rotatable bonds is 2. The Labute approximate surface area is 135 Å². The van der Waals surface area contributed by atoms with Crippen molar-refractivity contribution >= 4 is 23.1 Å². The monoisotopic (exact) mass is 374 g/mol. The van der Waals surface area contributed by atoms with Crippen LogP contribution in [0.3, 0.4) is 0 Å². The van der Waals surface area contributed by atoms with Crippen LogP contribution in [0.1, 0.15) is 11.1 Å². The van der Waals surface area contributed by atoms with Crippen molar-refractivity contribution in [3.63, 3.8) is 0 Å². The number of halogens is 1. The first-order valence-electron chi connectivity index (χ1n) is 6.29. The van der Waals surface area contributed by atoms with Gasteiger partial charge in [-0.3, -0.25) is 4.98 Å². The molecular weight excluding hydrogens is 359 g/mol. The van der Waals surface area contributed by atoms with Gasteiger partial charge in [0, 0.05) is 23.7 Å². The zero-order valence-corrected chi connectivity index (χ0v) is 13.4. The molecule has 0 saturated carbocycles. The van der Waals surface area contributed by atoms with Crippen LogP contribution in [0.15, 0.2) is 61.1 Å². The maximum atomic E-state index is 4.32. The van der Waals surface area contributed by atoms with E-state index < -0.39 is 0 Å². The molecule has 0 fully saturated rings. The standard InChI is InChI=1S/C17H15N2.HI/c1-19-11-8-14(9-12-19)4-5-15-6-7-17-16(13-15)3-2-10-18-17;/h2-13H,1H3;1H/q+1;/p-1. The van der Waals surface area contributed by atoms with Gasteiger partial charge < -0.3 is 24.0 Å². The van der Waals surface area contributed by atoms with Crippen LogP contribution in [0.25, 0.3) is 23.1 Å². The highest BCUT2D eigenvalue weighted by atomic mass is 127. The molecule has 0 amide bonds. The fourth-order valence-electron chi connectivity index (χ4n) is 2.01. The zero-order valence-electron chi connectivity index (χ0n) is 11.2. The summed E-state index contributed by atoms with van der Waals surface area (Å²) in [4.78, 5) is 4.32. The van der Waals surface area contributed by atoms with Gasteiger partial charge in [-0.15, -0.1) is 0 Å². The van der Waals surface area contributed by atoms with Crippen molar-refractivity contribution in [2.24, 2.45) is 7.05 Å². The number of hydrogen-bond donors (Lipinski definition) is 0.